The third-order valence-corrected chi connectivity index (χ3v) is 1.50. The van der Waals surface area contributed by atoms with Gasteiger partial charge in [-0.15, -0.1) is 0 Å². The fourth-order valence-corrected chi connectivity index (χ4v) is 0.750. The molecule has 0 fully saturated rings. The first-order chi connectivity index (χ1) is 8.97. The fraction of sp³-hybridized carbons (Fsp3) is 1.00. The molecule has 0 unspecified atom stereocenters. The lowest BCUT2D eigenvalue weighted by molar-refractivity contribution is 0.278. The zero-order chi connectivity index (χ0) is 15.9. The van der Waals surface area contributed by atoms with Crippen LogP contribution in [0.5, 0.6) is 0 Å². The Hall–Kier alpha value is -0.175. The molecule has 0 aromatic heterocycles. The summed E-state index contributed by atoms with van der Waals surface area (Å²) < 4.78 is 0. The maximum absolute atomic E-state index is 7.17. The van der Waals surface area contributed by atoms with E-state index in [1.54, 1.807) is 0 Å². The minimum atomic E-state index is -2.17. The molecule has 0 spiro atoms. The van der Waals surface area contributed by atoms with Crippen molar-refractivity contribution in [1.29, 1.82) is 0 Å². The van der Waals surface area contributed by atoms with E-state index in [1.807, 2.05) is 0 Å². The van der Waals surface area contributed by atoms with Crippen LogP contribution >= 0.6 is 0 Å². The molecule has 0 saturated carbocycles. The molecule has 0 heterocycles. The molecule has 0 amide bonds. The molecule has 0 atom stereocenters. The average molecular weight is 281 g/mol. The molecule has 6 nitrogen and oxygen atoms in total. The Balaban J connectivity index is -0.0000000793. The van der Waals surface area contributed by atoms with Crippen LogP contribution in [0, 0.1) is 0 Å². The van der Waals surface area contributed by atoms with Crippen LogP contribution in [0.15, 0.2) is 0 Å². The summed E-state index contributed by atoms with van der Waals surface area (Å²) in [4.78, 5) is 0. The Morgan fingerprint density at radius 3 is 0.632 bits per heavy atom. The van der Waals surface area contributed by atoms with E-state index in [4.69, 9.17) is 15.1 Å². The van der Waals surface area contributed by atoms with Gasteiger partial charge in [0.05, 0.1) is 0 Å². The van der Waals surface area contributed by atoms with Crippen molar-refractivity contribution in [2.24, 2.45) is 0 Å². The first-order valence-corrected chi connectivity index (χ1v) is 7.14. The molecular weight excluding hydrogens is 245 g/mol. The monoisotopic (exact) mass is 281 g/mol. The second kappa shape index (κ2) is 36.1. The van der Waals surface area contributed by atoms with Crippen LogP contribution in [0.1, 0.15) is 41.5 Å². The van der Waals surface area contributed by atoms with E-state index in [2.05, 4.69) is 57.5 Å². The molecule has 7 heteroatoms. The molecule has 0 aliphatic rings. The van der Waals surface area contributed by atoms with Gasteiger partial charge in [-0.2, -0.15) is 0 Å². The molecule has 0 aromatic rings. The smallest absolute Gasteiger partial charge is 0.402 e. The number of hydrogen-bond donors (Lipinski definition) is 6. The van der Waals surface area contributed by atoms with Gasteiger partial charge in [-0.1, -0.05) is 41.5 Å². The predicted molar refractivity (Wildman–Crippen MR) is 85.1 cm³/mol. The van der Waals surface area contributed by atoms with Crippen molar-refractivity contribution < 1.29 is 15.1 Å². The molecule has 0 aliphatic carbocycles. The molecule has 19 heavy (non-hydrogen) atoms. The normalized spacial score (nSPS) is 8.05. The number of nitrogens with one attached hydrogen (secondary N) is 3. The highest BCUT2D eigenvalue weighted by Gasteiger charge is 1.92. The van der Waals surface area contributed by atoms with Crippen molar-refractivity contribution in [3.63, 3.8) is 0 Å². The average Bonchev–Trinajstić information content (AvgIpc) is 2.33. The van der Waals surface area contributed by atoms with Crippen LogP contribution in [-0.2, 0) is 0 Å². The second-order valence-corrected chi connectivity index (χ2v) is 3.22. The molecule has 0 radical (unpaired) electrons. The topological polar surface area (TPSA) is 96.8 Å². The molecule has 0 rings (SSSR count). The van der Waals surface area contributed by atoms with Gasteiger partial charge >= 0.3 is 7.32 Å². The third kappa shape index (κ3) is 132. The minimum absolute atomic E-state index is 1.09. The second-order valence-electron chi connectivity index (χ2n) is 3.22. The molecule has 120 valence electrons. The van der Waals surface area contributed by atoms with Gasteiger partial charge in [0, 0.05) is 0 Å². The SMILES string of the molecule is CCNCC.CCNCC.CCNCC.OB(O)O. The van der Waals surface area contributed by atoms with Crippen LogP contribution in [-0.4, -0.2) is 61.7 Å². The summed E-state index contributed by atoms with van der Waals surface area (Å²) in [5.41, 5.74) is 0. The van der Waals surface area contributed by atoms with Crippen molar-refractivity contribution in [3.05, 3.63) is 0 Å². The van der Waals surface area contributed by atoms with Crippen LogP contribution in [0.4, 0.5) is 0 Å². The van der Waals surface area contributed by atoms with E-state index >= 15 is 0 Å². The van der Waals surface area contributed by atoms with Crippen molar-refractivity contribution in [2.75, 3.05) is 39.3 Å². The summed E-state index contributed by atoms with van der Waals surface area (Å²) >= 11 is 0. The van der Waals surface area contributed by atoms with E-state index in [1.165, 1.54) is 0 Å². The van der Waals surface area contributed by atoms with Crippen LogP contribution in [0.25, 0.3) is 0 Å². The van der Waals surface area contributed by atoms with Crippen molar-refractivity contribution in [1.82, 2.24) is 16.0 Å². The van der Waals surface area contributed by atoms with Crippen molar-refractivity contribution in [2.45, 2.75) is 41.5 Å². The summed E-state index contributed by atoms with van der Waals surface area (Å²) in [5, 5.41) is 30.8. The summed E-state index contributed by atoms with van der Waals surface area (Å²) in [6, 6.07) is 0. The first-order valence-electron chi connectivity index (χ1n) is 7.14. The van der Waals surface area contributed by atoms with E-state index in [0.717, 1.165) is 39.3 Å². The quantitative estimate of drug-likeness (QED) is 0.377. The van der Waals surface area contributed by atoms with Crippen LogP contribution in [0.2, 0.25) is 0 Å². The van der Waals surface area contributed by atoms with Crippen molar-refractivity contribution >= 4 is 7.32 Å². The van der Waals surface area contributed by atoms with Crippen LogP contribution in [0.3, 0.4) is 0 Å². The maximum atomic E-state index is 7.17. The highest BCUT2D eigenvalue weighted by Crippen LogP contribution is 1.48. The lowest BCUT2D eigenvalue weighted by Crippen LogP contribution is -2.09. The number of hydrogen-bond acceptors (Lipinski definition) is 6. The summed E-state index contributed by atoms with van der Waals surface area (Å²) in [5.74, 6) is 0. The molecule has 0 saturated heterocycles. The Kier molecular flexibility index (Phi) is 51.7. The minimum Gasteiger partial charge on any atom is -0.402 e. The molecule has 0 bridgehead atoms. The number of rotatable bonds is 6. The largest absolute Gasteiger partial charge is 0.631 e. The van der Waals surface area contributed by atoms with Gasteiger partial charge in [-0.25, -0.2) is 0 Å². The third-order valence-electron chi connectivity index (χ3n) is 1.50. The maximum Gasteiger partial charge on any atom is 0.631 e. The molecular formula is C12H36BN3O3. The predicted octanol–water partition coefficient (Wildman–Crippen LogP) is -0.204. The zero-order valence-electron chi connectivity index (χ0n) is 13.7. The Bertz CT molecular complexity index is 89.2. The van der Waals surface area contributed by atoms with E-state index in [-0.39, 0.29) is 0 Å². The lowest BCUT2D eigenvalue weighted by Gasteiger charge is -1.86. The summed E-state index contributed by atoms with van der Waals surface area (Å²) in [6.45, 7) is 19.2. The van der Waals surface area contributed by atoms with Gasteiger partial charge < -0.3 is 31.0 Å². The van der Waals surface area contributed by atoms with Gasteiger partial charge in [-0.05, 0) is 39.3 Å². The van der Waals surface area contributed by atoms with Gasteiger partial charge in [-0.3, -0.25) is 0 Å². The van der Waals surface area contributed by atoms with E-state index < -0.39 is 7.32 Å². The van der Waals surface area contributed by atoms with Crippen LogP contribution < -0.4 is 16.0 Å². The Labute approximate surface area is 120 Å². The highest BCUT2D eigenvalue weighted by molar-refractivity contribution is 6.30. The Morgan fingerprint density at radius 1 is 0.526 bits per heavy atom. The Morgan fingerprint density at radius 2 is 0.632 bits per heavy atom. The van der Waals surface area contributed by atoms with E-state index in [0.29, 0.717) is 0 Å². The van der Waals surface area contributed by atoms with Crippen molar-refractivity contribution in [3.8, 4) is 0 Å². The summed E-state index contributed by atoms with van der Waals surface area (Å²) in [6.07, 6.45) is 0. The zero-order valence-corrected chi connectivity index (χ0v) is 13.7. The van der Waals surface area contributed by atoms with Gasteiger partial charge in [0.25, 0.3) is 0 Å². The highest BCUT2D eigenvalue weighted by atomic mass is 16.5. The fourth-order valence-electron chi connectivity index (χ4n) is 0.750. The van der Waals surface area contributed by atoms with Gasteiger partial charge in [0.15, 0.2) is 0 Å². The van der Waals surface area contributed by atoms with Gasteiger partial charge in [0.2, 0.25) is 0 Å². The van der Waals surface area contributed by atoms with Gasteiger partial charge in [0.1, 0.15) is 0 Å². The molecule has 6 N–H and O–H groups in total. The first kappa shape index (κ1) is 27.2. The molecule has 0 aromatic carbocycles. The standard InChI is InChI=1S/3C4H11N.BH3O3/c3*1-3-5-4-2;2-1(3)4/h3*5H,3-4H2,1-2H3;2-4H. The summed E-state index contributed by atoms with van der Waals surface area (Å²) in [7, 11) is -2.17. The van der Waals surface area contributed by atoms with E-state index in [9.17, 15) is 0 Å². The molecule has 0 aliphatic heterocycles. The lowest BCUT2D eigenvalue weighted by atomic mass is 10.3.